The van der Waals surface area contributed by atoms with E-state index in [1.165, 1.54) is 6.07 Å². The molecule has 0 radical (unpaired) electrons. The van der Waals surface area contributed by atoms with Gasteiger partial charge < -0.3 is 4.98 Å². The Balaban J connectivity index is 2.82. The summed E-state index contributed by atoms with van der Waals surface area (Å²) < 4.78 is 25.8. The summed E-state index contributed by atoms with van der Waals surface area (Å²) >= 11 is 0. The zero-order valence-electron chi connectivity index (χ0n) is 6.77. The Morgan fingerprint density at radius 3 is 2.69 bits per heavy atom. The maximum atomic E-state index is 13.1. The highest BCUT2D eigenvalue weighted by Gasteiger charge is 2.05. The van der Waals surface area contributed by atoms with Gasteiger partial charge in [0.05, 0.1) is 5.52 Å². The number of benzene rings is 1. The summed E-state index contributed by atoms with van der Waals surface area (Å²) in [6.45, 7) is 3.53. The number of nitrogens with one attached hydrogen (secondary N) is 1. The van der Waals surface area contributed by atoms with E-state index in [1.54, 1.807) is 12.1 Å². The van der Waals surface area contributed by atoms with Crippen LogP contribution in [-0.2, 0) is 0 Å². The third-order valence-electron chi connectivity index (χ3n) is 1.89. The minimum Gasteiger partial charge on any atom is -0.355 e. The van der Waals surface area contributed by atoms with E-state index in [0.717, 1.165) is 6.07 Å². The van der Waals surface area contributed by atoms with Crippen LogP contribution in [0.3, 0.4) is 0 Å². The van der Waals surface area contributed by atoms with Gasteiger partial charge in [-0.15, -0.1) is 0 Å². The highest BCUT2D eigenvalue weighted by atomic mass is 19.1. The molecule has 2 rings (SSSR count). The highest BCUT2D eigenvalue weighted by Crippen LogP contribution is 2.20. The third kappa shape index (κ3) is 1.22. The van der Waals surface area contributed by atoms with E-state index < -0.39 is 11.6 Å². The molecule has 1 aromatic heterocycles. The molecule has 0 spiro atoms. The first-order valence-corrected chi connectivity index (χ1v) is 3.81. The van der Waals surface area contributed by atoms with Crippen molar-refractivity contribution >= 4 is 17.0 Å². The summed E-state index contributed by atoms with van der Waals surface area (Å²) in [7, 11) is 0. The van der Waals surface area contributed by atoms with Crippen molar-refractivity contribution in [2.45, 2.75) is 0 Å². The van der Waals surface area contributed by atoms with Gasteiger partial charge in [0.25, 0.3) is 0 Å². The highest BCUT2D eigenvalue weighted by molar-refractivity contribution is 5.83. The number of hydrogen-bond donors (Lipinski definition) is 1. The van der Waals surface area contributed by atoms with Crippen LogP contribution >= 0.6 is 0 Å². The molecule has 13 heavy (non-hydrogen) atoms. The van der Waals surface area contributed by atoms with Gasteiger partial charge in [0.15, 0.2) is 0 Å². The zero-order valence-corrected chi connectivity index (χ0v) is 6.77. The van der Waals surface area contributed by atoms with E-state index >= 15 is 0 Å². The van der Waals surface area contributed by atoms with Crippen molar-refractivity contribution < 1.29 is 8.78 Å². The summed E-state index contributed by atoms with van der Waals surface area (Å²) in [4.78, 5) is 2.83. The van der Waals surface area contributed by atoms with Crippen molar-refractivity contribution in [2.24, 2.45) is 0 Å². The Labute approximate surface area is 73.7 Å². The number of hydrogen-bond acceptors (Lipinski definition) is 0. The van der Waals surface area contributed by atoms with Crippen molar-refractivity contribution in [3.63, 3.8) is 0 Å². The van der Waals surface area contributed by atoms with Gasteiger partial charge in [0.2, 0.25) is 0 Å². The van der Waals surface area contributed by atoms with Crippen molar-refractivity contribution in [3.8, 4) is 0 Å². The van der Waals surface area contributed by atoms with Gasteiger partial charge in [-0.05, 0) is 18.2 Å². The van der Waals surface area contributed by atoms with Crippen LogP contribution in [0, 0.1) is 11.6 Å². The Bertz CT molecular complexity index is 471. The summed E-state index contributed by atoms with van der Waals surface area (Å²) in [5.41, 5.74) is 1.13. The molecule has 1 aromatic carbocycles. The number of halogens is 2. The van der Waals surface area contributed by atoms with Gasteiger partial charge >= 0.3 is 0 Å². The smallest absolute Gasteiger partial charge is 0.135 e. The molecule has 2 aromatic rings. The second-order valence-corrected chi connectivity index (χ2v) is 2.78. The largest absolute Gasteiger partial charge is 0.355 e. The molecular weight excluding hydrogens is 172 g/mol. The molecule has 0 saturated carbocycles. The monoisotopic (exact) mass is 179 g/mol. The van der Waals surface area contributed by atoms with Gasteiger partial charge in [-0.25, -0.2) is 8.78 Å². The lowest BCUT2D eigenvalue weighted by Gasteiger charge is -1.91. The average molecular weight is 179 g/mol. The standard InChI is InChI=1S/C10H7F2N/c1-2-7-5-8-9(12)3-6(11)4-10(8)13-7/h2-5,13H,1H2. The number of aromatic amines is 1. The van der Waals surface area contributed by atoms with Crippen LogP contribution in [0.1, 0.15) is 5.69 Å². The molecule has 0 aliphatic carbocycles. The second-order valence-electron chi connectivity index (χ2n) is 2.78. The van der Waals surface area contributed by atoms with E-state index in [2.05, 4.69) is 11.6 Å². The van der Waals surface area contributed by atoms with Crippen LogP contribution < -0.4 is 0 Å². The molecule has 0 amide bonds. The van der Waals surface area contributed by atoms with Gasteiger partial charge in [0, 0.05) is 17.1 Å². The van der Waals surface area contributed by atoms with Gasteiger partial charge in [-0.1, -0.05) is 6.58 Å². The molecule has 0 saturated heterocycles. The molecular formula is C10H7F2N. The lowest BCUT2D eigenvalue weighted by molar-refractivity contribution is 0.592. The van der Waals surface area contributed by atoms with Crippen molar-refractivity contribution in [3.05, 3.63) is 42.1 Å². The second kappa shape index (κ2) is 2.69. The Kier molecular flexibility index (Phi) is 1.65. The first kappa shape index (κ1) is 7.98. The fourth-order valence-electron chi connectivity index (χ4n) is 1.29. The average Bonchev–Trinajstić information content (AvgIpc) is 2.47. The van der Waals surface area contributed by atoms with Crippen LogP contribution in [0.4, 0.5) is 8.78 Å². The normalized spacial score (nSPS) is 10.6. The van der Waals surface area contributed by atoms with E-state index in [-0.39, 0.29) is 0 Å². The van der Waals surface area contributed by atoms with Crippen LogP contribution in [0.25, 0.3) is 17.0 Å². The maximum absolute atomic E-state index is 13.1. The molecule has 3 heteroatoms. The number of H-pyrrole nitrogens is 1. The van der Waals surface area contributed by atoms with E-state index in [9.17, 15) is 8.78 Å². The summed E-state index contributed by atoms with van der Waals surface area (Å²) in [6, 6.07) is 3.71. The Morgan fingerprint density at radius 1 is 1.23 bits per heavy atom. The first-order valence-electron chi connectivity index (χ1n) is 3.81. The van der Waals surface area contributed by atoms with Gasteiger partial charge in [0.1, 0.15) is 11.6 Å². The summed E-state index contributed by atoms with van der Waals surface area (Å²) in [5, 5.41) is 0.385. The van der Waals surface area contributed by atoms with Crippen LogP contribution in [0.5, 0.6) is 0 Å². The predicted octanol–water partition coefficient (Wildman–Crippen LogP) is 3.09. The maximum Gasteiger partial charge on any atom is 0.135 e. The SMILES string of the molecule is C=Cc1cc2c(F)cc(F)cc2[nH]1. The van der Waals surface area contributed by atoms with Gasteiger partial charge in [-0.3, -0.25) is 0 Å². The fourth-order valence-corrected chi connectivity index (χ4v) is 1.29. The lowest BCUT2D eigenvalue weighted by Crippen LogP contribution is -1.79. The summed E-state index contributed by atoms with van der Waals surface area (Å²) in [6.07, 6.45) is 1.55. The van der Waals surface area contributed by atoms with E-state index in [4.69, 9.17) is 0 Å². The minimum atomic E-state index is -0.581. The number of rotatable bonds is 1. The van der Waals surface area contributed by atoms with Crippen LogP contribution in [0.15, 0.2) is 24.8 Å². The molecule has 1 nitrogen and oxygen atoms in total. The van der Waals surface area contributed by atoms with E-state index in [1.807, 2.05) is 0 Å². The number of aromatic nitrogens is 1. The molecule has 0 fully saturated rings. The fraction of sp³-hybridized carbons (Fsp3) is 0. The van der Waals surface area contributed by atoms with Crippen molar-refractivity contribution in [1.82, 2.24) is 4.98 Å². The van der Waals surface area contributed by atoms with Crippen LogP contribution in [-0.4, -0.2) is 4.98 Å². The van der Waals surface area contributed by atoms with Gasteiger partial charge in [-0.2, -0.15) is 0 Å². The molecule has 0 bridgehead atoms. The molecule has 1 N–H and O–H groups in total. The first-order chi connectivity index (χ1) is 6.20. The number of fused-ring (bicyclic) bond motifs is 1. The third-order valence-corrected chi connectivity index (χ3v) is 1.89. The topological polar surface area (TPSA) is 15.8 Å². The summed E-state index contributed by atoms with van der Waals surface area (Å²) in [5.74, 6) is -1.14. The Morgan fingerprint density at radius 2 is 2.00 bits per heavy atom. The molecule has 0 aliphatic heterocycles. The van der Waals surface area contributed by atoms with Crippen LogP contribution in [0.2, 0.25) is 0 Å². The van der Waals surface area contributed by atoms with Crippen molar-refractivity contribution in [2.75, 3.05) is 0 Å². The molecule has 66 valence electrons. The van der Waals surface area contributed by atoms with E-state index in [0.29, 0.717) is 16.6 Å². The zero-order chi connectivity index (χ0) is 9.42. The molecule has 0 atom stereocenters. The lowest BCUT2D eigenvalue weighted by atomic mass is 10.2. The van der Waals surface area contributed by atoms with Crippen molar-refractivity contribution in [1.29, 1.82) is 0 Å². The predicted molar refractivity (Wildman–Crippen MR) is 48.3 cm³/mol. The molecule has 1 heterocycles. The molecule has 0 unspecified atom stereocenters. The molecule has 0 aliphatic rings. The quantitative estimate of drug-likeness (QED) is 0.692. The minimum absolute atomic E-state index is 0.385. The Hall–Kier alpha value is -1.64.